The molecule has 27 heavy (non-hydrogen) atoms. The second kappa shape index (κ2) is 7.83. The Morgan fingerprint density at radius 3 is 2.96 bits per heavy atom. The van der Waals surface area contributed by atoms with Gasteiger partial charge in [0.1, 0.15) is 11.4 Å². The van der Waals surface area contributed by atoms with Gasteiger partial charge in [-0.25, -0.2) is 9.78 Å². The maximum atomic E-state index is 12.8. The van der Waals surface area contributed by atoms with E-state index in [0.29, 0.717) is 22.2 Å². The maximum Gasteiger partial charge on any atom is 0.356 e. The van der Waals surface area contributed by atoms with Crippen molar-refractivity contribution in [1.29, 1.82) is 0 Å². The van der Waals surface area contributed by atoms with E-state index in [0.717, 1.165) is 0 Å². The summed E-state index contributed by atoms with van der Waals surface area (Å²) in [5.74, 6) is -0.211. The van der Waals surface area contributed by atoms with Gasteiger partial charge in [0.25, 0.3) is 5.91 Å². The Bertz CT molecular complexity index is 895. The second-order valence-electron chi connectivity index (χ2n) is 5.87. The number of nitrogens with one attached hydrogen (secondary N) is 1. The van der Waals surface area contributed by atoms with Crippen molar-refractivity contribution >= 4 is 35.1 Å². The molecule has 1 aliphatic rings. The summed E-state index contributed by atoms with van der Waals surface area (Å²) in [4.78, 5) is 44.7. The highest BCUT2D eigenvalue weighted by Gasteiger charge is 2.25. The quantitative estimate of drug-likeness (QED) is 0.459. The predicted molar refractivity (Wildman–Crippen MR) is 99.5 cm³/mol. The Morgan fingerprint density at radius 2 is 2.22 bits per heavy atom. The third-order valence-electron chi connectivity index (χ3n) is 4.04. The molecule has 1 aromatic carbocycles. The van der Waals surface area contributed by atoms with Crippen LogP contribution in [0.3, 0.4) is 0 Å². The molecule has 0 aliphatic carbocycles. The van der Waals surface area contributed by atoms with E-state index in [9.17, 15) is 14.4 Å². The van der Waals surface area contributed by atoms with Crippen molar-refractivity contribution in [2.24, 2.45) is 0 Å². The number of thioether (sulfide) groups is 1. The van der Waals surface area contributed by atoms with Gasteiger partial charge >= 0.3 is 5.97 Å². The Morgan fingerprint density at radius 1 is 1.44 bits per heavy atom. The van der Waals surface area contributed by atoms with Crippen molar-refractivity contribution in [3.8, 4) is 5.75 Å². The minimum absolute atomic E-state index is 0.00958. The lowest BCUT2D eigenvalue weighted by molar-refractivity contribution is -0.120. The van der Waals surface area contributed by atoms with Crippen LogP contribution < -0.4 is 9.64 Å². The first-order valence-corrected chi connectivity index (χ1v) is 9.25. The number of ether oxygens (including phenoxy) is 2. The molecule has 0 bridgehead atoms. The molecule has 0 radical (unpaired) electrons. The number of esters is 1. The number of ketones is 1. The van der Waals surface area contributed by atoms with Crippen molar-refractivity contribution in [2.75, 3.05) is 25.2 Å². The Labute approximate surface area is 160 Å². The molecule has 9 heteroatoms. The van der Waals surface area contributed by atoms with E-state index >= 15 is 0 Å². The number of hydrogen-bond acceptors (Lipinski definition) is 7. The predicted octanol–water partition coefficient (Wildman–Crippen LogP) is 2.31. The molecule has 1 unspecified atom stereocenters. The summed E-state index contributed by atoms with van der Waals surface area (Å²) in [5, 5.41) is 0.00209. The summed E-state index contributed by atoms with van der Waals surface area (Å²) in [6.45, 7) is 3.74. The van der Waals surface area contributed by atoms with Gasteiger partial charge in [0.05, 0.1) is 23.7 Å². The number of aromatic nitrogens is 2. The molecule has 1 atom stereocenters. The molecule has 0 spiro atoms. The van der Waals surface area contributed by atoms with Gasteiger partial charge in [0.15, 0.2) is 17.5 Å². The minimum Gasteiger partial charge on any atom is -0.482 e. The lowest BCUT2D eigenvalue weighted by Gasteiger charge is -2.26. The lowest BCUT2D eigenvalue weighted by Crippen LogP contribution is -2.35. The first-order chi connectivity index (χ1) is 12.9. The molecule has 2 heterocycles. The first-order valence-electron chi connectivity index (χ1n) is 8.37. The molecule has 1 aliphatic heterocycles. The fourth-order valence-corrected chi connectivity index (χ4v) is 3.42. The number of imidazole rings is 1. The fourth-order valence-electron chi connectivity index (χ4n) is 2.56. The second-order valence-corrected chi connectivity index (χ2v) is 7.20. The minimum atomic E-state index is -0.488. The number of carbonyl (C=O) groups is 3. The van der Waals surface area contributed by atoms with Gasteiger partial charge in [0.2, 0.25) is 0 Å². The molecule has 142 valence electrons. The number of fused-ring (bicyclic) bond motifs is 1. The summed E-state index contributed by atoms with van der Waals surface area (Å²) in [6.07, 6.45) is 1.38. The van der Waals surface area contributed by atoms with Gasteiger partial charge in [-0.1, -0.05) is 11.8 Å². The molecule has 3 rings (SSSR count). The highest BCUT2D eigenvalue weighted by Crippen LogP contribution is 2.33. The zero-order valence-electron chi connectivity index (χ0n) is 15.1. The Balaban J connectivity index is 1.73. The van der Waals surface area contributed by atoms with Gasteiger partial charge < -0.3 is 19.4 Å². The van der Waals surface area contributed by atoms with Gasteiger partial charge in [-0.2, -0.15) is 0 Å². The van der Waals surface area contributed by atoms with Crippen LogP contribution in [0.4, 0.5) is 5.69 Å². The third kappa shape index (κ3) is 3.97. The van der Waals surface area contributed by atoms with Crippen molar-refractivity contribution in [3.63, 3.8) is 0 Å². The van der Waals surface area contributed by atoms with Crippen molar-refractivity contribution in [3.05, 3.63) is 35.7 Å². The van der Waals surface area contributed by atoms with Crippen LogP contribution in [-0.4, -0.2) is 53.1 Å². The van der Waals surface area contributed by atoms with Crippen molar-refractivity contribution in [2.45, 2.75) is 24.3 Å². The molecule has 2 aromatic rings. The monoisotopic (exact) mass is 389 g/mol. The summed E-state index contributed by atoms with van der Waals surface area (Å²) in [6, 6.07) is 5.01. The molecule has 0 saturated carbocycles. The van der Waals surface area contributed by atoms with Crippen LogP contribution in [0, 0.1) is 0 Å². The normalized spacial score (nSPS) is 14.3. The van der Waals surface area contributed by atoms with Crippen molar-refractivity contribution < 1.29 is 23.9 Å². The molecule has 8 nitrogen and oxygen atoms in total. The Kier molecular flexibility index (Phi) is 5.50. The van der Waals surface area contributed by atoms with Crippen LogP contribution in [0.15, 0.2) is 29.6 Å². The number of anilines is 1. The van der Waals surface area contributed by atoms with E-state index in [4.69, 9.17) is 9.47 Å². The van der Waals surface area contributed by atoms with E-state index < -0.39 is 11.2 Å². The topological polar surface area (TPSA) is 102 Å². The van der Waals surface area contributed by atoms with E-state index in [1.807, 2.05) is 0 Å². The number of H-pyrrole nitrogens is 1. The number of nitrogens with zero attached hydrogens (tertiary/aromatic N) is 2. The SMILES string of the molecule is CCOC(=O)c1cnc(SC(C)C(=O)c2ccc3c(c2)N(C)C(=O)CO3)[nH]1. The number of benzene rings is 1. The number of aromatic amines is 1. The Hall–Kier alpha value is -2.81. The zero-order chi connectivity index (χ0) is 19.6. The first kappa shape index (κ1) is 19.0. The standard InChI is InChI=1S/C18H19N3O5S/c1-4-25-17(24)12-8-19-18(20-12)27-10(2)16(23)11-5-6-14-13(7-11)21(3)15(22)9-26-14/h5-8,10H,4,9H2,1-3H3,(H,19,20). The molecule has 1 N–H and O–H groups in total. The number of amides is 1. The summed E-state index contributed by atoms with van der Waals surface area (Å²) in [5.41, 5.74) is 1.28. The van der Waals surface area contributed by atoms with Gasteiger partial charge in [-0.15, -0.1) is 0 Å². The van der Waals surface area contributed by atoms with Crippen LogP contribution in [0.2, 0.25) is 0 Å². The van der Waals surface area contributed by atoms with Gasteiger partial charge in [-0.3, -0.25) is 9.59 Å². The van der Waals surface area contributed by atoms with Crippen LogP contribution in [-0.2, 0) is 9.53 Å². The van der Waals surface area contributed by atoms with E-state index in [2.05, 4.69) is 9.97 Å². The average molecular weight is 389 g/mol. The maximum absolute atomic E-state index is 12.8. The van der Waals surface area contributed by atoms with Gasteiger partial charge in [0, 0.05) is 12.6 Å². The third-order valence-corrected chi connectivity index (χ3v) is 5.03. The zero-order valence-corrected chi connectivity index (χ0v) is 16.0. The molecule has 0 saturated heterocycles. The molecular weight excluding hydrogens is 370 g/mol. The number of likely N-dealkylation sites (N-methyl/N-ethyl adjacent to an activating group) is 1. The fraction of sp³-hybridized carbons (Fsp3) is 0.333. The van der Waals surface area contributed by atoms with E-state index in [1.165, 1.54) is 22.9 Å². The van der Waals surface area contributed by atoms with Gasteiger partial charge in [-0.05, 0) is 32.0 Å². The number of carbonyl (C=O) groups excluding carboxylic acids is 3. The number of rotatable bonds is 6. The highest BCUT2D eigenvalue weighted by molar-refractivity contribution is 8.00. The number of hydrogen-bond donors (Lipinski definition) is 1. The summed E-state index contributed by atoms with van der Waals surface area (Å²) in [7, 11) is 1.65. The number of Topliss-reactive ketones (excluding diaryl/α,β-unsaturated/α-hetero) is 1. The van der Waals surface area contributed by atoms with Crippen LogP contribution in [0.1, 0.15) is 34.7 Å². The molecular formula is C18H19N3O5S. The van der Waals surface area contributed by atoms with Crippen LogP contribution >= 0.6 is 11.8 Å². The summed E-state index contributed by atoms with van der Waals surface area (Å²) >= 11 is 1.21. The smallest absolute Gasteiger partial charge is 0.356 e. The van der Waals surface area contributed by atoms with Crippen LogP contribution in [0.5, 0.6) is 5.75 Å². The van der Waals surface area contributed by atoms with E-state index in [-0.39, 0.29) is 30.6 Å². The van der Waals surface area contributed by atoms with E-state index in [1.54, 1.807) is 39.1 Å². The largest absolute Gasteiger partial charge is 0.482 e. The van der Waals surface area contributed by atoms with Crippen LogP contribution in [0.25, 0.3) is 0 Å². The van der Waals surface area contributed by atoms with Crippen molar-refractivity contribution in [1.82, 2.24) is 9.97 Å². The summed E-state index contributed by atoms with van der Waals surface area (Å²) < 4.78 is 10.3. The highest BCUT2D eigenvalue weighted by atomic mass is 32.2. The lowest BCUT2D eigenvalue weighted by atomic mass is 10.1. The molecule has 1 aromatic heterocycles. The molecule has 1 amide bonds. The molecule has 0 fully saturated rings. The average Bonchev–Trinajstić information content (AvgIpc) is 3.13.